The number of ether oxygens (including phenoxy) is 1. The molecule has 3 N–H and O–H groups in total. The van der Waals surface area contributed by atoms with Gasteiger partial charge >= 0.3 is 6.09 Å². The number of thiazole rings is 1. The lowest BCUT2D eigenvalue weighted by Crippen LogP contribution is -2.32. The van der Waals surface area contributed by atoms with Crippen molar-refractivity contribution in [1.82, 2.24) is 10.3 Å². The lowest BCUT2D eigenvalue weighted by molar-refractivity contribution is 0.0523. The summed E-state index contributed by atoms with van der Waals surface area (Å²) in [7, 11) is 0. The van der Waals surface area contributed by atoms with E-state index in [1.807, 2.05) is 51.4 Å². The molecule has 0 atom stereocenters. The zero-order valence-electron chi connectivity index (χ0n) is 15.0. The summed E-state index contributed by atoms with van der Waals surface area (Å²) in [6.45, 7) is 8.26. The fourth-order valence-corrected chi connectivity index (χ4v) is 3.09. The molecule has 0 saturated carbocycles. The van der Waals surface area contributed by atoms with Gasteiger partial charge in [0.15, 0.2) is 0 Å². The van der Waals surface area contributed by atoms with Gasteiger partial charge in [-0.3, -0.25) is 0 Å². The molecule has 0 spiro atoms. The number of nitrogens with zero attached hydrogens (tertiary/aromatic N) is 1. The molecule has 25 heavy (non-hydrogen) atoms. The predicted molar refractivity (Wildman–Crippen MR) is 101 cm³/mol. The van der Waals surface area contributed by atoms with Crippen LogP contribution in [0.2, 0.25) is 0 Å². The Morgan fingerprint density at radius 1 is 1.36 bits per heavy atom. The van der Waals surface area contributed by atoms with E-state index in [4.69, 9.17) is 9.84 Å². The van der Waals surface area contributed by atoms with Crippen LogP contribution in [-0.2, 0) is 11.3 Å². The van der Waals surface area contributed by atoms with Crippen LogP contribution in [0.3, 0.4) is 0 Å². The van der Waals surface area contributed by atoms with Gasteiger partial charge in [-0.25, -0.2) is 9.78 Å². The summed E-state index contributed by atoms with van der Waals surface area (Å²) in [6, 6.07) is 5.99. The van der Waals surface area contributed by atoms with Gasteiger partial charge in [-0.2, -0.15) is 0 Å². The lowest BCUT2D eigenvalue weighted by atomic mass is 10.1. The number of alkyl carbamates (subject to hydrolysis) is 1. The highest BCUT2D eigenvalue weighted by atomic mass is 32.1. The summed E-state index contributed by atoms with van der Waals surface area (Å²) < 4.78 is 5.26. The minimum atomic E-state index is -0.532. The van der Waals surface area contributed by atoms with Crippen LogP contribution in [0.15, 0.2) is 23.7 Å². The van der Waals surface area contributed by atoms with Crippen molar-refractivity contribution >= 4 is 23.1 Å². The Balaban J connectivity index is 2.16. The fourth-order valence-electron chi connectivity index (χ4n) is 2.29. The van der Waals surface area contributed by atoms with Crippen molar-refractivity contribution in [2.24, 2.45) is 0 Å². The minimum Gasteiger partial charge on any atom is -0.444 e. The molecule has 0 fully saturated rings. The molecule has 1 heterocycles. The zero-order chi connectivity index (χ0) is 18.4. The second-order valence-electron chi connectivity index (χ2n) is 6.64. The van der Waals surface area contributed by atoms with Gasteiger partial charge < -0.3 is 20.5 Å². The molecule has 7 heteroatoms. The lowest BCUT2D eigenvalue weighted by Gasteiger charge is -2.20. The number of benzene rings is 1. The Bertz CT molecular complexity index is 723. The van der Waals surface area contributed by atoms with E-state index in [9.17, 15) is 4.79 Å². The zero-order valence-corrected chi connectivity index (χ0v) is 15.9. The number of aryl methyl sites for hydroxylation is 1. The maximum absolute atomic E-state index is 11.9. The number of aliphatic hydroxyl groups excluding tert-OH is 1. The highest BCUT2D eigenvalue weighted by Crippen LogP contribution is 2.30. The van der Waals surface area contributed by atoms with Gasteiger partial charge in [0.1, 0.15) is 5.60 Å². The second kappa shape index (κ2) is 8.31. The number of anilines is 1. The Hall–Kier alpha value is -2.12. The maximum atomic E-state index is 11.9. The molecule has 0 aliphatic heterocycles. The first kappa shape index (κ1) is 19.2. The van der Waals surface area contributed by atoms with Crippen molar-refractivity contribution in [2.45, 2.75) is 39.8 Å². The van der Waals surface area contributed by atoms with E-state index < -0.39 is 11.7 Å². The van der Waals surface area contributed by atoms with Crippen LogP contribution >= 0.6 is 11.3 Å². The Morgan fingerprint density at radius 2 is 2.12 bits per heavy atom. The molecule has 1 aromatic carbocycles. The molecule has 1 amide bonds. The summed E-state index contributed by atoms with van der Waals surface area (Å²) in [5.41, 5.74) is 5.12. The van der Waals surface area contributed by atoms with E-state index in [0.717, 1.165) is 27.4 Å². The van der Waals surface area contributed by atoms with Crippen molar-refractivity contribution in [3.8, 4) is 10.4 Å². The van der Waals surface area contributed by atoms with Crippen LogP contribution in [-0.4, -0.2) is 34.9 Å². The number of rotatable bonds is 6. The highest BCUT2D eigenvalue weighted by Gasteiger charge is 2.16. The predicted octanol–water partition coefficient (Wildman–Crippen LogP) is 3.55. The average molecular weight is 363 g/mol. The summed E-state index contributed by atoms with van der Waals surface area (Å²) >= 11 is 1.59. The Kier molecular flexibility index (Phi) is 6.39. The van der Waals surface area contributed by atoms with Crippen LogP contribution < -0.4 is 10.6 Å². The van der Waals surface area contributed by atoms with Crippen molar-refractivity contribution in [3.63, 3.8) is 0 Å². The Morgan fingerprint density at radius 3 is 2.72 bits per heavy atom. The minimum absolute atomic E-state index is 0.0305. The normalized spacial score (nSPS) is 11.2. The van der Waals surface area contributed by atoms with Crippen LogP contribution in [0, 0.1) is 6.92 Å². The number of aromatic nitrogens is 1. The Labute approximate surface area is 152 Å². The molecule has 2 aromatic rings. The van der Waals surface area contributed by atoms with E-state index in [-0.39, 0.29) is 6.61 Å². The first-order valence-corrected chi connectivity index (χ1v) is 9.03. The van der Waals surface area contributed by atoms with E-state index in [1.165, 1.54) is 0 Å². The number of amides is 1. The molecule has 136 valence electrons. The van der Waals surface area contributed by atoms with Crippen molar-refractivity contribution in [2.75, 3.05) is 18.5 Å². The quantitative estimate of drug-likeness (QED) is 0.731. The van der Waals surface area contributed by atoms with Gasteiger partial charge in [-0.1, -0.05) is 12.1 Å². The van der Waals surface area contributed by atoms with Gasteiger partial charge in [0.25, 0.3) is 0 Å². The molecule has 1 aromatic heterocycles. The number of carbonyl (C=O) groups excluding carboxylic acids is 1. The van der Waals surface area contributed by atoms with Crippen molar-refractivity contribution in [3.05, 3.63) is 35.0 Å². The third kappa shape index (κ3) is 5.72. The molecule has 0 unspecified atom stereocenters. The first-order chi connectivity index (χ1) is 11.8. The van der Waals surface area contributed by atoms with Gasteiger partial charge in [0.05, 0.1) is 22.7 Å². The van der Waals surface area contributed by atoms with Crippen molar-refractivity contribution < 1.29 is 14.6 Å². The van der Waals surface area contributed by atoms with Crippen LogP contribution in [0.25, 0.3) is 10.4 Å². The second-order valence-corrected chi connectivity index (χ2v) is 7.50. The van der Waals surface area contributed by atoms with E-state index >= 15 is 0 Å². The smallest absolute Gasteiger partial charge is 0.407 e. The first-order valence-electron chi connectivity index (χ1n) is 8.15. The molecule has 6 nitrogen and oxygen atoms in total. The van der Waals surface area contributed by atoms with Gasteiger partial charge in [0, 0.05) is 18.8 Å². The monoisotopic (exact) mass is 363 g/mol. The largest absolute Gasteiger partial charge is 0.444 e. The summed E-state index contributed by atoms with van der Waals surface area (Å²) in [4.78, 5) is 17.3. The summed E-state index contributed by atoms with van der Waals surface area (Å²) in [5.74, 6) is 0. The summed E-state index contributed by atoms with van der Waals surface area (Å²) in [5, 5.41) is 15.1. The van der Waals surface area contributed by atoms with Crippen LogP contribution in [0.5, 0.6) is 0 Å². The number of hydrogen-bond acceptors (Lipinski definition) is 6. The topological polar surface area (TPSA) is 83.5 Å². The number of aliphatic hydroxyl groups is 1. The standard InChI is InChI=1S/C18H25N3O3S/c1-12-16(25-11-21-12)13-5-6-14(15(9-13)19-7-8-22)10-20-17(23)24-18(2,3)4/h5-6,9,11,19,22H,7-8,10H2,1-4H3,(H,20,23). The fraction of sp³-hybridized carbons (Fsp3) is 0.444. The molecule has 0 radical (unpaired) electrons. The molecule has 0 saturated heterocycles. The van der Waals surface area contributed by atoms with Gasteiger partial charge in [-0.05, 0) is 44.9 Å². The van der Waals surface area contributed by atoms with E-state index in [2.05, 4.69) is 15.6 Å². The number of hydrogen-bond donors (Lipinski definition) is 3. The SMILES string of the molecule is Cc1ncsc1-c1ccc(CNC(=O)OC(C)(C)C)c(NCCO)c1. The van der Waals surface area contributed by atoms with E-state index in [0.29, 0.717) is 13.1 Å². The average Bonchev–Trinajstić information content (AvgIpc) is 2.95. The third-order valence-corrected chi connectivity index (χ3v) is 4.34. The molecular formula is C18H25N3O3S. The number of carbonyl (C=O) groups is 1. The van der Waals surface area contributed by atoms with Crippen molar-refractivity contribution in [1.29, 1.82) is 0 Å². The van der Waals surface area contributed by atoms with Crippen LogP contribution in [0.4, 0.5) is 10.5 Å². The molecule has 0 bridgehead atoms. The van der Waals surface area contributed by atoms with E-state index in [1.54, 1.807) is 11.3 Å². The van der Waals surface area contributed by atoms with Gasteiger partial charge in [-0.15, -0.1) is 11.3 Å². The maximum Gasteiger partial charge on any atom is 0.407 e. The molecule has 2 rings (SSSR count). The molecule has 0 aliphatic rings. The molecule has 0 aliphatic carbocycles. The third-order valence-electron chi connectivity index (χ3n) is 3.37. The molecular weight excluding hydrogens is 338 g/mol. The number of nitrogens with one attached hydrogen (secondary N) is 2. The highest BCUT2D eigenvalue weighted by molar-refractivity contribution is 7.13. The van der Waals surface area contributed by atoms with Gasteiger partial charge in [0.2, 0.25) is 0 Å². The summed E-state index contributed by atoms with van der Waals surface area (Å²) in [6.07, 6.45) is -0.456. The van der Waals surface area contributed by atoms with Crippen LogP contribution in [0.1, 0.15) is 32.0 Å².